The Morgan fingerprint density at radius 1 is 0.211 bits per heavy atom. The van der Waals surface area contributed by atoms with Crippen molar-refractivity contribution in [3.05, 3.63) is 466 Å². The normalized spacial score (nSPS) is 12.4. The second-order valence-electron chi connectivity index (χ2n) is 37.8. The molecule has 20 aromatic carbocycles. The molecule has 0 saturated heterocycles. The Balaban J connectivity index is 0.912. The fourth-order valence-corrected chi connectivity index (χ4v) is 22.1. The molecule has 4 heterocycles. The van der Waals surface area contributed by atoms with Gasteiger partial charge >= 0.3 is 0 Å². The number of para-hydroxylation sites is 1. The highest BCUT2D eigenvalue weighted by Gasteiger charge is 2.47. The third-order valence-corrected chi connectivity index (χ3v) is 28.6. The van der Waals surface area contributed by atoms with E-state index in [1.807, 2.05) is 11.3 Å². The maximum Gasteiger partial charge on any atom is 0.252 e. The van der Waals surface area contributed by atoms with E-state index in [9.17, 15) is 0 Å². The highest BCUT2D eigenvalue weighted by Crippen LogP contribution is 2.59. The Kier molecular flexibility index (Phi) is 19.7. The van der Waals surface area contributed by atoms with Crippen LogP contribution in [-0.4, -0.2) is 6.71 Å². The van der Waals surface area contributed by atoms with Crippen LogP contribution in [0.25, 0.3) is 187 Å². The Morgan fingerprint density at radius 2 is 0.541 bits per heavy atom. The van der Waals surface area contributed by atoms with Gasteiger partial charge in [0.2, 0.25) is 0 Å². The van der Waals surface area contributed by atoms with Crippen molar-refractivity contribution in [2.45, 2.75) is 52.4 Å². The molecule has 0 radical (unpaired) electrons. The van der Waals surface area contributed by atoms with E-state index in [1.165, 1.54) is 47.7 Å². The number of furan rings is 1. The SMILES string of the molecule is CC(C)(C)c1cc(-c2ccccc2)c(N2c3cc(-c4cc(-c5ccccc5)cc(-c5ccccc5)c4)ccc3B3c4ccc(-c5ccc(-c6ccccc6)cc5-c5ccccc5)cc4N(c4c(-c5cccc6oc7ccccc7c56)cc(C(C)(C)C)cc4-c4cccc5sc6ccccc6c45)c4cc(-c5cc(-c6ccccc6)cc(-c6ccccc6)c5)cc2c43)c(-c2ccccc2)c1. The highest BCUT2D eigenvalue weighted by molar-refractivity contribution is 7.26. The average Bonchev–Trinajstić information content (AvgIpc) is 1.68. The van der Waals surface area contributed by atoms with E-state index >= 15 is 0 Å². The Morgan fingerprint density at radius 3 is 1.02 bits per heavy atom. The average molecular weight is 1720 g/mol. The minimum Gasteiger partial charge on any atom is -0.456 e. The van der Waals surface area contributed by atoms with E-state index in [0.29, 0.717) is 0 Å². The number of hydrogen-bond acceptors (Lipinski definition) is 4. The standard InChI is InChI=1S/C128H93BN2OS/c1-127(2,3)100-78-108(88-49-27-13-28-50-88)125(109(79-100)89-51-29-14-30-52-89)130-114-74-91(97-69-93(83-39-17-8-18-40-83)67-94(70-97)84-41-19-9-20-42-84)62-65-112(114)129-113-66-63-92(102-64-61-90(82-37-15-7-16-38-82)73-107(102)87-47-25-12-26-48-87)75-115(113)131(117-77-99(76-116(130)124(117)129)98-71-95(85-43-21-10-22-44-85)68-96(72-98)86-45-23-11-24-46-86)126-110(103-55-35-58-119-122(103)105-53-31-33-57-118(105)132-119)80-101(128(4,5)6)81-111(126)104-56-36-60-121-123(104)106-54-32-34-59-120(106)133-121/h7-81H,1-6H3. The predicted molar refractivity (Wildman–Crippen MR) is 569 cm³/mol. The summed E-state index contributed by atoms with van der Waals surface area (Å²) in [6, 6.07) is 172. The van der Waals surface area contributed by atoms with Crippen molar-refractivity contribution in [2.75, 3.05) is 9.80 Å². The first-order valence-electron chi connectivity index (χ1n) is 46.3. The van der Waals surface area contributed by atoms with Gasteiger partial charge in [0.1, 0.15) is 11.2 Å². The lowest BCUT2D eigenvalue weighted by molar-refractivity contribution is 0.590. The van der Waals surface area contributed by atoms with Gasteiger partial charge in [0.25, 0.3) is 6.71 Å². The Hall–Kier alpha value is -15.9. The van der Waals surface area contributed by atoms with Gasteiger partial charge in [0, 0.05) is 75.9 Å². The number of thiophene rings is 1. The van der Waals surface area contributed by atoms with Crippen LogP contribution < -0.4 is 26.2 Å². The molecular weight excluding hydrogens is 1620 g/mol. The molecule has 0 bridgehead atoms. The summed E-state index contributed by atoms with van der Waals surface area (Å²) in [5.74, 6) is 0. The minimum absolute atomic E-state index is 0.275. The van der Waals surface area contributed by atoms with Crippen LogP contribution >= 0.6 is 11.3 Å². The first-order valence-corrected chi connectivity index (χ1v) is 47.2. The van der Waals surface area contributed by atoms with Crippen LogP contribution in [0.15, 0.2) is 459 Å². The summed E-state index contributed by atoms with van der Waals surface area (Å²) in [7, 11) is 0. The lowest BCUT2D eigenvalue weighted by Gasteiger charge is -2.46. The molecule has 3 nitrogen and oxygen atoms in total. The number of anilines is 6. The molecule has 2 aromatic heterocycles. The van der Waals surface area contributed by atoms with Crippen molar-refractivity contribution in [3.63, 3.8) is 0 Å². The zero-order valence-corrected chi connectivity index (χ0v) is 75.9. The molecule has 24 rings (SSSR count). The van der Waals surface area contributed by atoms with Gasteiger partial charge in [0.15, 0.2) is 0 Å². The number of benzene rings is 20. The largest absolute Gasteiger partial charge is 0.456 e. The van der Waals surface area contributed by atoms with Gasteiger partial charge in [-0.3, -0.25) is 0 Å². The van der Waals surface area contributed by atoms with Crippen molar-refractivity contribution in [3.8, 4) is 145 Å². The molecule has 630 valence electrons. The van der Waals surface area contributed by atoms with Gasteiger partial charge in [-0.25, -0.2) is 0 Å². The summed E-state index contributed by atoms with van der Waals surface area (Å²) >= 11 is 1.87. The van der Waals surface area contributed by atoms with Gasteiger partial charge in [-0.2, -0.15) is 0 Å². The van der Waals surface area contributed by atoms with E-state index in [-0.39, 0.29) is 17.5 Å². The van der Waals surface area contributed by atoms with Crippen LogP contribution in [0.2, 0.25) is 0 Å². The van der Waals surface area contributed by atoms with E-state index in [4.69, 9.17) is 4.42 Å². The molecule has 0 aliphatic carbocycles. The first-order chi connectivity index (χ1) is 65.2. The summed E-state index contributed by atoms with van der Waals surface area (Å²) in [5.41, 5.74) is 42.6. The van der Waals surface area contributed by atoms with Gasteiger partial charge < -0.3 is 14.2 Å². The second kappa shape index (κ2) is 32.6. The van der Waals surface area contributed by atoms with Crippen LogP contribution in [0.3, 0.4) is 0 Å². The smallest absolute Gasteiger partial charge is 0.252 e. The van der Waals surface area contributed by atoms with Crippen LogP contribution in [-0.2, 0) is 10.8 Å². The van der Waals surface area contributed by atoms with Crippen molar-refractivity contribution in [2.24, 2.45) is 0 Å². The molecule has 0 fully saturated rings. The molecule has 0 amide bonds. The molecule has 2 aliphatic rings. The third-order valence-electron chi connectivity index (χ3n) is 27.5. The number of nitrogens with zero attached hydrogens (tertiary/aromatic N) is 2. The Labute approximate surface area is 782 Å². The molecule has 22 aromatic rings. The molecule has 2 aliphatic heterocycles. The maximum atomic E-state index is 7.14. The highest BCUT2D eigenvalue weighted by atomic mass is 32.1. The monoisotopic (exact) mass is 1720 g/mol. The summed E-state index contributed by atoms with van der Waals surface area (Å²) in [6.07, 6.45) is 0. The topological polar surface area (TPSA) is 19.6 Å². The quantitative estimate of drug-likeness (QED) is 0.0954. The van der Waals surface area contributed by atoms with Crippen LogP contribution in [0.4, 0.5) is 34.1 Å². The van der Waals surface area contributed by atoms with Gasteiger partial charge in [0.05, 0.1) is 11.4 Å². The molecule has 0 atom stereocenters. The molecule has 0 saturated carbocycles. The number of fused-ring (bicyclic) bond motifs is 10. The maximum absolute atomic E-state index is 7.14. The zero-order valence-electron chi connectivity index (χ0n) is 75.1. The summed E-state index contributed by atoms with van der Waals surface area (Å²) in [4.78, 5) is 5.55. The van der Waals surface area contributed by atoms with E-state index in [2.05, 4.69) is 506 Å². The summed E-state index contributed by atoms with van der Waals surface area (Å²) < 4.78 is 9.61. The predicted octanol–water partition coefficient (Wildman–Crippen LogP) is 34.3. The molecule has 0 N–H and O–H groups in total. The van der Waals surface area contributed by atoms with E-state index < -0.39 is 0 Å². The summed E-state index contributed by atoms with van der Waals surface area (Å²) in [5, 5.41) is 4.58. The first kappa shape index (κ1) is 80.4. The van der Waals surface area contributed by atoms with Crippen LogP contribution in [0.5, 0.6) is 0 Å². The van der Waals surface area contributed by atoms with Crippen molar-refractivity contribution in [1.82, 2.24) is 0 Å². The van der Waals surface area contributed by atoms with Gasteiger partial charge in [-0.15, -0.1) is 11.3 Å². The van der Waals surface area contributed by atoms with Crippen molar-refractivity contribution in [1.29, 1.82) is 0 Å². The second-order valence-corrected chi connectivity index (χ2v) is 38.8. The molecule has 5 heteroatoms. The van der Waals surface area contributed by atoms with Crippen LogP contribution in [0, 0.1) is 0 Å². The van der Waals surface area contributed by atoms with Crippen molar-refractivity contribution < 1.29 is 4.42 Å². The van der Waals surface area contributed by atoms with Crippen molar-refractivity contribution >= 4 is 111 Å². The van der Waals surface area contributed by atoms with Crippen LogP contribution in [0.1, 0.15) is 52.7 Å². The third kappa shape index (κ3) is 14.3. The Bertz CT molecular complexity index is 7990. The molecule has 0 unspecified atom stereocenters. The number of rotatable bonds is 15. The lowest BCUT2D eigenvalue weighted by atomic mass is 9.33. The summed E-state index contributed by atoms with van der Waals surface area (Å²) in [6.45, 7) is 13.9. The lowest BCUT2D eigenvalue weighted by Crippen LogP contribution is -2.61. The zero-order chi connectivity index (χ0) is 89.2. The fourth-order valence-electron chi connectivity index (χ4n) is 20.9. The number of hydrogen-bond donors (Lipinski definition) is 0. The van der Waals surface area contributed by atoms with E-state index in [0.717, 1.165) is 201 Å². The molecule has 0 spiro atoms. The van der Waals surface area contributed by atoms with Gasteiger partial charge in [-0.1, -0.05) is 381 Å². The molecular formula is C128H93BN2OS. The van der Waals surface area contributed by atoms with Gasteiger partial charge in [-0.05, 0) is 276 Å². The van der Waals surface area contributed by atoms with E-state index in [1.54, 1.807) is 0 Å². The molecule has 133 heavy (non-hydrogen) atoms. The fraction of sp³-hybridized carbons (Fsp3) is 0.0625. The minimum atomic E-state index is -0.389.